The molecule has 0 aliphatic carbocycles. The normalized spacial score (nSPS) is 10.3. The van der Waals surface area contributed by atoms with Crippen molar-refractivity contribution in [3.8, 4) is 0 Å². The van der Waals surface area contributed by atoms with Crippen molar-refractivity contribution in [1.82, 2.24) is 15.2 Å². The molecule has 0 aliphatic heterocycles. The topological polar surface area (TPSA) is 65.2 Å². The molecule has 1 amide bonds. The van der Waals surface area contributed by atoms with Gasteiger partial charge in [-0.25, -0.2) is 0 Å². The Morgan fingerprint density at radius 3 is 2.87 bits per heavy atom. The van der Waals surface area contributed by atoms with Crippen molar-refractivity contribution < 1.29 is 4.79 Å². The minimum Gasteiger partial charge on any atom is -0.357 e. The lowest BCUT2D eigenvalue weighted by molar-refractivity contribution is 0.0946. The van der Waals surface area contributed by atoms with Crippen molar-refractivity contribution in [1.29, 1.82) is 0 Å². The number of carbonyl (C=O) groups is 1. The molecule has 1 aromatic heterocycles. The molecule has 1 rings (SSSR count). The molecule has 0 aromatic carbocycles. The summed E-state index contributed by atoms with van der Waals surface area (Å²) in [5.74, 6) is -0.255. The highest BCUT2D eigenvalue weighted by Crippen LogP contribution is 1.87. The molecule has 0 unspecified atom stereocenters. The van der Waals surface area contributed by atoms with E-state index in [1.807, 2.05) is 19.0 Å². The molecule has 5 nitrogen and oxygen atoms in total. The first kappa shape index (κ1) is 11.5. The first-order valence-corrected chi connectivity index (χ1v) is 4.71. The molecule has 0 spiro atoms. The number of aromatic amines is 1. The molecule has 1 aromatic rings. The number of amides is 1. The van der Waals surface area contributed by atoms with Crippen LogP contribution < -0.4 is 10.7 Å². The molecule has 0 fully saturated rings. The fraction of sp³-hybridized carbons (Fsp3) is 0.400. The summed E-state index contributed by atoms with van der Waals surface area (Å²) in [7, 11) is 3.85. The molecule has 2 N–H and O–H groups in total. The van der Waals surface area contributed by atoms with E-state index < -0.39 is 0 Å². The fourth-order valence-corrected chi connectivity index (χ4v) is 1.06. The summed E-state index contributed by atoms with van der Waals surface area (Å²) in [5, 5.41) is 2.71. The molecular formula is C10H15N3O2. The average molecular weight is 209 g/mol. The number of rotatable bonds is 4. The zero-order valence-electron chi connectivity index (χ0n) is 8.91. The number of H-pyrrole nitrogens is 1. The monoisotopic (exact) mass is 209 g/mol. The van der Waals surface area contributed by atoms with E-state index in [1.54, 1.807) is 0 Å². The van der Waals surface area contributed by atoms with Crippen molar-refractivity contribution in [3.05, 3.63) is 34.2 Å². The third kappa shape index (κ3) is 3.95. The summed E-state index contributed by atoms with van der Waals surface area (Å²) < 4.78 is 0. The minimum atomic E-state index is -0.255. The summed E-state index contributed by atoms with van der Waals surface area (Å²) in [6.07, 6.45) is 1.46. The van der Waals surface area contributed by atoms with Crippen molar-refractivity contribution >= 4 is 5.91 Å². The molecule has 5 heteroatoms. The second-order valence-electron chi connectivity index (χ2n) is 3.50. The standard InChI is InChI=1S/C10H15N3O2/c1-13(2)6-5-12-10(15)9-7-8(14)3-4-11-9/h3-4,7H,5-6H2,1-2H3,(H,11,14)(H,12,15). The second-order valence-corrected chi connectivity index (χ2v) is 3.50. The van der Waals surface area contributed by atoms with Crippen molar-refractivity contribution in [2.24, 2.45) is 0 Å². The lowest BCUT2D eigenvalue weighted by atomic mass is 10.3. The number of carbonyl (C=O) groups excluding carboxylic acids is 1. The van der Waals surface area contributed by atoms with E-state index in [1.165, 1.54) is 18.3 Å². The van der Waals surface area contributed by atoms with E-state index in [0.717, 1.165) is 6.54 Å². The van der Waals surface area contributed by atoms with Gasteiger partial charge in [0.05, 0.1) is 0 Å². The third-order valence-corrected chi connectivity index (χ3v) is 1.86. The molecule has 0 saturated heterocycles. The SMILES string of the molecule is CN(C)CCNC(=O)c1cc(=O)cc[nH]1. The van der Waals surface area contributed by atoms with Gasteiger partial charge in [-0.3, -0.25) is 9.59 Å². The molecule has 0 saturated carbocycles. The molecular weight excluding hydrogens is 194 g/mol. The van der Waals surface area contributed by atoms with Gasteiger partial charge in [-0.1, -0.05) is 0 Å². The Bertz CT molecular complexity index is 384. The first-order chi connectivity index (χ1) is 7.09. The highest BCUT2D eigenvalue weighted by Gasteiger charge is 2.04. The quantitative estimate of drug-likeness (QED) is 0.713. The molecule has 15 heavy (non-hydrogen) atoms. The summed E-state index contributed by atoms with van der Waals surface area (Å²) in [6, 6.07) is 2.65. The number of nitrogens with zero attached hydrogens (tertiary/aromatic N) is 1. The van der Waals surface area contributed by atoms with Crippen LogP contribution in [0.15, 0.2) is 23.1 Å². The number of hydrogen-bond donors (Lipinski definition) is 2. The van der Waals surface area contributed by atoms with E-state index in [2.05, 4.69) is 10.3 Å². The van der Waals surface area contributed by atoms with E-state index in [-0.39, 0.29) is 11.3 Å². The van der Waals surface area contributed by atoms with Crippen LogP contribution in [0.1, 0.15) is 10.5 Å². The Kier molecular flexibility index (Phi) is 4.05. The Balaban J connectivity index is 2.51. The maximum Gasteiger partial charge on any atom is 0.267 e. The lowest BCUT2D eigenvalue weighted by Gasteiger charge is -2.10. The Morgan fingerprint density at radius 1 is 1.53 bits per heavy atom. The van der Waals surface area contributed by atoms with Gasteiger partial charge in [-0.2, -0.15) is 0 Å². The molecule has 82 valence electrons. The second kappa shape index (κ2) is 5.31. The fourth-order valence-electron chi connectivity index (χ4n) is 1.06. The van der Waals surface area contributed by atoms with Crippen LogP contribution in [0.2, 0.25) is 0 Å². The van der Waals surface area contributed by atoms with Crippen LogP contribution in [0.5, 0.6) is 0 Å². The smallest absolute Gasteiger partial charge is 0.267 e. The van der Waals surface area contributed by atoms with E-state index in [4.69, 9.17) is 0 Å². The highest BCUT2D eigenvalue weighted by atomic mass is 16.2. The predicted molar refractivity (Wildman–Crippen MR) is 57.9 cm³/mol. The van der Waals surface area contributed by atoms with Gasteiger partial charge < -0.3 is 15.2 Å². The van der Waals surface area contributed by atoms with Gasteiger partial charge in [0.2, 0.25) is 0 Å². The van der Waals surface area contributed by atoms with Crippen molar-refractivity contribution in [2.75, 3.05) is 27.2 Å². The van der Waals surface area contributed by atoms with Gasteiger partial charge in [0.15, 0.2) is 5.43 Å². The largest absolute Gasteiger partial charge is 0.357 e. The Hall–Kier alpha value is -1.62. The minimum absolute atomic E-state index is 0.175. The maximum atomic E-state index is 11.5. The van der Waals surface area contributed by atoms with Gasteiger partial charge >= 0.3 is 0 Å². The number of likely N-dealkylation sites (N-methyl/N-ethyl adjacent to an activating group) is 1. The molecule has 0 aliphatic rings. The van der Waals surface area contributed by atoms with Crippen molar-refractivity contribution in [3.63, 3.8) is 0 Å². The lowest BCUT2D eigenvalue weighted by Crippen LogP contribution is -2.32. The number of nitrogens with one attached hydrogen (secondary N) is 2. The predicted octanol–water partition coefficient (Wildman–Crippen LogP) is -0.334. The molecule has 0 radical (unpaired) electrons. The summed E-state index contributed by atoms with van der Waals surface area (Å²) >= 11 is 0. The van der Waals surface area contributed by atoms with Crippen LogP contribution in [0.4, 0.5) is 0 Å². The maximum absolute atomic E-state index is 11.5. The van der Waals surface area contributed by atoms with Gasteiger partial charge in [-0.15, -0.1) is 0 Å². The highest BCUT2D eigenvalue weighted by molar-refractivity contribution is 5.92. The van der Waals surface area contributed by atoms with Crippen LogP contribution in [0.3, 0.4) is 0 Å². The van der Waals surface area contributed by atoms with E-state index in [9.17, 15) is 9.59 Å². The summed E-state index contributed by atoms with van der Waals surface area (Å²) in [4.78, 5) is 27.1. The zero-order valence-corrected chi connectivity index (χ0v) is 8.91. The van der Waals surface area contributed by atoms with E-state index in [0.29, 0.717) is 12.2 Å². The first-order valence-electron chi connectivity index (χ1n) is 4.71. The van der Waals surface area contributed by atoms with Gasteiger partial charge in [0.1, 0.15) is 5.69 Å². The number of hydrogen-bond acceptors (Lipinski definition) is 3. The number of pyridine rings is 1. The third-order valence-electron chi connectivity index (χ3n) is 1.86. The summed E-state index contributed by atoms with van der Waals surface area (Å²) in [6.45, 7) is 1.32. The van der Waals surface area contributed by atoms with Crippen LogP contribution in [-0.2, 0) is 0 Å². The van der Waals surface area contributed by atoms with Crippen LogP contribution in [0.25, 0.3) is 0 Å². The van der Waals surface area contributed by atoms with Gasteiger partial charge in [0.25, 0.3) is 5.91 Å². The molecule has 0 bridgehead atoms. The molecule has 1 heterocycles. The van der Waals surface area contributed by atoms with Crippen LogP contribution >= 0.6 is 0 Å². The van der Waals surface area contributed by atoms with Gasteiger partial charge in [0, 0.05) is 31.4 Å². The summed E-state index contributed by atoms with van der Waals surface area (Å²) in [5.41, 5.74) is 0.118. The van der Waals surface area contributed by atoms with E-state index >= 15 is 0 Å². The molecule has 0 atom stereocenters. The zero-order chi connectivity index (χ0) is 11.3. The van der Waals surface area contributed by atoms with Crippen molar-refractivity contribution in [2.45, 2.75) is 0 Å². The van der Waals surface area contributed by atoms with Crippen LogP contribution in [-0.4, -0.2) is 43.0 Å². The average Bonchev–Trinajstić information content (AvgIpc) is 2.17. The van der Waals surface area contributed by atoms with Gasteiger partial charge in [-0.05, 0) is 14.1 Å². The number of aromatic nitrogens is 1. The van der Waals surface area contributed by atoms with Crippen LogP contribution in [0, 0.1) is 0 Å². The Labute approximate surface area is 88.1 Å². The Morgan fingerprint density at radius 2 is 2.27 bits per heavy atom.